The Balaban J connectivity index is 1.71. The topological polar surface area (TPSA) is 136 Å². The fourth-order valence-electron chi connectivity index (χ4n) is 2.35. The summed E-state index contributed by atoms with van der Waals surface area (Å²) in [6.07, 6.45) is 0. The van der Waals surface area contributed by atoms with Gasteiger partial charge in [0.05, 0.1) is 11.5 Å². The smallest absolute Gasteiger partial charge is 0.354 e. The molecule has 9 nitrogen and oxygen atoms in total. The van der Waals surface area contributed by atoms with Gasteiger partial charge in [-0.05, 0) is 12.1 Å². The van der Waals surface area contributed by atoms with Crippen molar-refractivity contribution in [2.75, 3.05) is 13.2 Å². The van der Waals surface area contributed by atoms with Crippen molar-refractivity contribution in [3.05, 3.63) is 63.2 Å². The molecule has 3 rings (SSSR count). The lowest BCUT2D eigenvalue weighted by molar-refractivity contribution is 0.0683. The Morgan fingerprint density at radius 3 is 2.29 bits per heavy atom. The molecule has 0 atom stereocenters. The first-order valence-corrected chi connectivity index (χ1v) is 8.19. The van der Waals surface area contributed by atoms with E-state index in [1.807, 2.05) is 0 Å². The van der Waals surface area contributed by atoms with Gasteiger partial charge in [-0.15, -0.1) is 0 Å². The van der Waals surface area contributed by atoms with Crippen LogP contribution in [0.4, 0.5) is 0 Å². The number of ether oxygens (including phenoxy) is 2. The van der Waals surface area contributed by atoms with Crippen molar-refractivity contribution in [2.45, 2.75) is 0 Å². The van der Waals surface area contributed by atoms with E-state index in [1.165, 1.54) is 12.1 Å². The summed E-state index contributed by atoms with van der Waals surface area (Å²) in [6.45, 7) is -0.0498. The zero-order chi connectivity index (χ0) is 20.3. The zero-order valence-corrected chi connectivity index (χ0v) is 14.8. The van der Waals surface area contributed by atoms with Crippen molar-refractivity contribution in [3.63, 3.8) is 0 Å². The Kier molecular flexibility index (Phi) is 5.46. The average molecular weight is 406 g/mol. The van der Waals surface area contributed by atoms with Crippen molar-refractivity contribution in [2.24, 2.45) is 0 Å². The number of rotatable bonds is 7. The van der Waals surface area contributed by atoms with Gasteiger partial charge in [-0.2, -0.15) is 0 Å². The molecule has 0 spiro atoms. The van der Waals surface area contributed by atoms with Crippen molar-refractivity contribution >= 4 is 34.5 Å². The second-order valence-electron chi connectivity index (χ2n) is 5.45. The van der Waals surface area contributed by atoms with Gasteiger partial charge >= 0.3 is 17.6 Å². The Labute approximate surface area is 161 Å². The summed E-state index contributed by atoms with van der Waals surface area (Å²) in [5, 5.41) is 18.9. The van der Waals surface area contributed by atoms with Gasteiger partial charge in [-0.25, -0.2) is 19.4 Å². The normalized spacial score (nSPS) is 10.6. The minimum Gasteiger partial charge on any atom is -0.490 e. The third-order valence-electron chi connectivity index (χ3n) is 3.52. The van der Waals surface area contributed by atoms with Gasteiger partial charge in [0.15, 0.2) is 11.4 Å². The Morgan fingerprint density at radius 2 is 1.64 bits per heavy atom. The molecule has 0 unspecified atom stereocenters. The lowest BCUT2D eigenvalue weighted by Gasteiger charge is -2.10. The van der Waals surface area contributed by atoms with E-state index in [1.54, 1.807) is 12.1 Å². The maximum atomic E-state index is 11.6. The molecule has 0 aliphatic heterocycles. The molecule has 2 heterocycles. The highest BCUT2D eigenvalue weighted by Crippen LogP contribution is 2.26. The molecule has 0 radical (unpaired) electrons. The van der Waals surface area contributed by atoms with Gasteiger partial charge in [0.1, 0.15) is 30.3 Å². The third kappa shape index (κ3) is 4.38. The fraction of sp³-hybridized carbons (Fsp3) is 0.111. The lowest BCUT2D eigenvalue weighted by Crippen LogP contribution is -2.13. The molecule has 0 amide bonds. The van der Waals surface area contributed by atoms with Gasteiger partial charge in [0.2, 0.25) is 0 Å². The number of carboxylic acids is 2. The molecule has 28 heavy (non-hydrogen) atoms. The highest BCUT2D eigenvalue weighted by Gasteiger charge is 2.14. The molecule has 0 saturated heterocycles. The summed E-state index contributed by atoms with van der Waals surface area (Å²) in [5.41, 5.74) is -1.27. The SMILES string of the molecule is O=C(O)c1cc(OCCOc2cc(=O)oc3cc(Cl)ccc23)cc(C(=O)O)n1. The number of pyridine rings is 1. The summed E-state index contributed by atoms with van der Waals surface area (Å²) in [7, 11) is 0. The predicted octanol–water partition coefficient (Wildman–Crippen LogP) is 2.70. The number of aromatic carboxylic acids is 2. The van der Waals surface area contributed by atoms with Gasteiger partial charge < -0.3 is 24.1 Å². The van der Waals surface area contributed by atoms with E-state index in [0.29, 0.717) is 10.4 Å². The quantitative estimate of drug-likeness (QED) is 0.449. The third-order valence-corrected chi connectivity index (χ3v) is 3.75. The number of carbonyl (C=O) groups is 2. The fourth-order valence-corrected chi connectivity index (χ4v) is 2.51. The van der Waals surface area contributed by atoms with E-state index in [-0.39, 0.29) is 30.3 Å². The lowest BCUT2D eigenvalue weighted by atomic mass is 10.2. The van der Waals surface area contributed by atoms with E-state index >= 15 is 0 Å². The number of benzene rings is 1. The van der Waals surface area contributed by atoms with Crippen molar-refractivity contribution in [1.82, 2.24) is 4.98 Å². The monoisotopic (exact) mass is 405 g/mol. The highest BCUT2D eigenvalue weighted by atomic mass is 35.5. The number of hydrogen-bond acceptors (Lipinski definition) is 7. The number of halogens is 1. The van der Waals surface area contributed by atoms with E-state index in [4.69, 9.17) is 35.7 Å². The van der Waals surface area contributed by atoms with Crippen LogP contribution in [0.2, 0.25) is 5.02 Å². The van der Waals surface area contributed by atoms with Crippen LogP contribution in [-0.2, 0) is 0 Å². The highest BCUT2D eigenvalue weighted by molar-refractivity contribution is 6.31. The van der Waals surface area contributed by atoms with Crippen LogP contribution in [0.3, 0.4) is 0 Å². The van der Waals surface area contributed by atoms with Crippen LogP contribution < -0.4 is 15.1 Å². The van der Waals surface area contributed by atoms with E-state index in [9.17, 15) is 14.4 Å². The van der Waals surface area contributed by atoms with Crippen molar-refractivity contribution < 1.29 is 33.7 Å². The van der Waals surface area contributed by atoms with E-state index in [2.05, 4.69) is 4.98 Å². The first kappa shape index (κ1) is 19.2. The first-order valence-electron chi connectivity index (χ1n) is 7.81. The molecule has 0 aliphatic carbocycles. The molecule has 0 aliphatic rings. The van der Waals surface area contributed by atoms with Crippen LogP contribution in [0, 0.1) is 0 Å². The van der Waals surface area contributed by atoms with Crippen molar-refractivity contribution in [1.29, 1.82) is 0 Å². The molecule has 2 aromatic heterocycles. The second-order valence-corrected chi connectivity index (χ2v) is 5.89. The number of aromatic nitrogens is 1. The van der Waals surface area contributed by atoms with E-state index < -0.39 is 29.0 Å². The molecule has 0 bridgehead atoms. The summed E-state index contributed by atoms with van der Waals surface area (Å²) in [5.74, 6) is -2.49. The number of hydrogen-bond donors (Lipinski definition) is 2. The Morgan fingerprint density at radius 1 is 1.00 bits per heavy atom. The molecule has 144 valence electrons. The standard InChI is InChI=1S/C18H12ClNO8/c19-9-1-2-11-14(8-16(21)28-15(11)5-9)27-4-3-26-10-6-12(17(22)23)20-13(7-10)18(24)25/h1-2,5-8H,3-4H2,(H,22,23)(H,24,25). The van der Waals surface area contributed by atoms with Crippen LogP contribution in [-0.4, -0.2) is 40.3 Å². The Bertz CT molecular complexity index is 1090. The zero-order valence-electron chi connectivity index (χ0n) is 14.0. The molecular formula is C18H12ClNO8. The molecular weight excluding hydrogens is 394 g/mol. The minimum absolute atomic E-state index is 0.00564. The van der Waals surface area contributed by atoms with Gasteiger partial charge in [-0.3, -0.25) is 0 Å². The largest absolute Gasteiger partial charge is 0.490 e. The summed E-state index contributed by atoms with van der Waals surface area (Å²) in [6, 6.07) is 8.11. The predicted molar refractivity (Wildman–Crippen MR) is 96.6 cm³/mol. The number of fused-ring (bicyclic) bond motifs is 1. The molecule has 2 N–H and O–H groups in total. The van der Waals surface area contributed by atoms with Crippen LogP contribution >= 0.6 is 11.6 Å². The molecule has 1 aromatic carbocycles. The number of nitrogens with zero attached hydrogens (tertiary/aromatic N) is 1. The maximum Gasteiger partial charge on any atom is 0.354 e. The average Bonchev–Trinajstić information content (AvgIpc) is 2.64. The molecule has 0 saturated carbocycles. The van der Waals surface area contributed by atoms with Gasteiger partial charge in [0.25, 0.3) is 0 Å². The van der Waals surface area contributed by atoms with Crippen LogP contribution in [0.1, 0.15) is 21.0 Å². The molecule has 10 heteroatoms. The summed E-state index contributed by atoms with van der Waals surface area (Å²) in [4.78, 5) is 37.2. The molecule has 0 fully saturated rings. The molecule has 3 aromatic rings. The second kappa shape index (κ2) is 7.97. The Hall–Kier alpha value is -3.59. The maximum absolute atomic E-state index is 11.6. The van der Waals surface area contributed by atoms with Gasteiger partial charge in [-0.1, -0.05) is 11.6 Å². The number of carboxylic acid groups (broad SMARTS) is 2. The van der Waals surface area contributed by atoms with Crippen LogP contribution in [0.5, 0.6) is 11.5 Å². The van der Waals surface area contributed by atoms with Crippen LogP contribution in [0.15, 0.2) is 45.6 Å². The first-order chi connectivity index (χ1) is 13.3. The van der Waals surface area contributed by atoms with E-state index in [0.717, 1.165) is 12.1 Å². The minimum atomic E-state index is -1.38. The summed E-state index contributed by atoms with van der Waals surface area (Å²) >= 11 is 5.88. The van der Waals surface area contributed by atoms with Gasteiger partial charge in [0, 0.05) is 23.2 Å². The van der Waals surface area contributed by atoms with Crippen molar-refractivity contribution in [3.8, 4) is 11.5 Å². The summed E-state index contributed by atoms with van der Waals surface area (Å²) < 4.78 is 16.0. The van der Waals surface area contributed by atoms with Crippen LogP contribution in [0.25, 0.3) is 11.0 Å².